The third-order valence-corrected chi connectivity index (χ3v) is 4.16. The molecule has 1 saturated heterocycles. The number of esters is 1. The molecule has 0 aliphatic carbocycles. The number of ether oxygens (including phenoxy) is 3. The van der Waals surface area contributed by atoms with Gasteiger partial charge in [0.25, 0.3) is 5.91 Å². The molecule has 2 rings (SSSR count). The molecule has 0 unspecified atom stereocenters. The van der Waals surface area contributed by atoms with Gasteiger partial charge in [0.05, 0.1) is 13.2 Å². The van der Waals surface area contributed by atoms with Gasteiger partial charge >= 0.3 is 12.1 Å². The van der Waals surface area contributed by atoms with Crippen LogP contribution in [0.2, 0.25) is 0 Å². The van der Waals surface area contributed by atoms with Crippen LogP contribution in [0, 0.1) is 25.2 Å². The minimum atomic E-state index is -0.930. The highest BCUT2D eigenvalue weighted by Gasteiger charge is 2.29. The number of aryl methyl sites for hydroxylation is 1. The van der Waals surface area contributed by atoms with Crippen LogP contribution in [0.3, 0.4) is 0 Å². The van der Waals surface area contributed by atoms with Crippen LogP contribution in [0.5, 0.6) is 0 Å². The average Bonchev–Trinajstić information content (AvgIpc) is 3.19. The molecule has 1 aliphatic heterocycles. The number of nitriles is 1. The number of amides is 2. The second kappa shape index (κ2) is 9.00. The van der Waals surface area contributed by atoms with Crippen molar-refractivity contribution in [2.45, 2.75) is 20.4 Å². The third kappa shape index (κ3) is 4.74. The van der Waals surface area contributed by atoms with Crippen LogP contribution in [0.25, 0.3) is 6.08 Å². The average molecular weight is 375 g/mol. The molecule has 27 heavy (non-hydrogen) atoms. The lowest BCUT2D eigenvalue weighted by atomic mass is 10.1. The minimum Gasteiger partial charge on any atom is -0.451 e. The molecule has 1 aromatic rings. The first-order valence-electron chi connectivity index (χ1n) is 8.30. The summed E-state index contributed by atoms with van der Waals surface area (Å²) in [6, 6.07) is 3.64. The zero-order chi connectivity index (χ0) is 20.0. The molecule has 9 nitrogen and oxygen atoms in total. The second-order valence-corrected chi connectivity index (χ2v) is 5.88. The van der Waals surface area contributed by atoms with E-state index in [2.05, 4.69) is 4.74 Å². The van der Waals surface area contributed by atoms with Gasteiger partial charge in [-0.15, -0.1) is 0 Å². The third-order valence-electron chi connectivity index (χ3n) is 4.16. The zero-order valence-corrected chi connectivity index (χ0v) is 15.5. The number of carbonyl (C=O) groups is 3. The van der Waals surface area contributed by atoms with Crippen LogP contribution in [-0.2, 0) is 30.3 Å². The van der Waals surface area contributed by atoms with Gasteiger partial charge in [0.15, 0.2) is 6.61 Å². The number of aromatic nitrogens is 1. The first-order valence-corrected chi connectivity index (χ1v) is 8.30. The molecule has 9 heteroatoms. The molecule has 0 radical (unpaired) electrons. The van der Waals surface area contributed by atoms with E-state index in [9.17, 15) is 19.6 Å². The Morgan fingerprint density at radius 3 is 2.74 bits per heavy atom. The summed E-state index contributed by atoms with van der Waals surface area (Å²) in [6.07, 6.45) is 0.651. The Morgan fingerprint density at radius 2 is 2.15 bits per heavy atom. The topological polar surface area (TPSA) is 111 Å². The summed E-state index contributed by atoms with van der Waals surface area (Å²) < 4.78 is 16.6. The Kier molecular flexibility index (Phi) is 6.73. The number of methoxy groups -OCH3 is 1. The summed E-state index contributed by atoms with van der Waals surface area (Å²) in [5.41, 5.74) is 2.30. The number of cyclic esters (lactones) is 1. The molecule has 0 bridgehead atoms. The molecule has 1 aromatic heterocycles. The minimum absolute atomic E-state index is 0.112. The first kappa shape index (κ1) is 20.2. The largest absolute Gasteiger partial charge is 0.451 e. The Morgan fingerprint density at radius 1 is 1.41 bits per heavy atom. The van der Waals surface area contributed by atoms with Crippen LogP contribution >= 0.6 is 0 Å². The number of carbonyl (C=O) groups excluding carboxylic acids is 3. The van der Waals surface area contributed by atoms with E-state index in [1.54, 1.807) is 13.2 Å². The van der Waals surface area contributed by atoms with Crippen molar-refractivity contribution >= 4 is 24.0 Å². The maximum atomic E-state index is 12.1. The van der Waals surface area contributed by atoms with E-state index in [0.717, 1.165) is 16.3 Å². The van der Waals surface area contributed by atoms with Gasteiger partial charge in [-0.05, 0) is 31.6 Å². The maximum absolute atomic E-state index is 12.1. The van der Waals surface area contributed by atoms with Crippen molar-refractivity contribution in [1.29, 1.82) is 5.26 Å². The van der Waals surface area contributed by atoms with Crippen molar-refractivity contribution in [2.75, 3.05) is 33.5 Å². The highest BCUT2D eigenvalue weighted by atomic mass is 16.6. The van der Waals surface area contributed by atoms with Gasteiger partial charge in [0, 0.05) is 25.0 Å². The van der Waals surface area contributed by atoms with Crippen molar-refractivity contribution < 1.29 is 28.6 Å². The molecule has 0 spiro atoms. The molecule has 144 valence electrons. The summed E-state index contributed by atoms with van der Waals surface area (Å²) in [5.74, 6) is -1.62. The van der Waals surface area contributed by atoms with Gasteiger partial charge in [-0.1, -0.05) is 0 Å². The van der Waals surface area contributed by atoms with Gasteiger partial charge in [0.1, 0.15) is 18.2 Å². The maximum Gasteiger partial charge on any atom is 0.416 e. The Balaban J connectivity index is 2.07. The van der Waals surface area contributed by atoms with Gasteiger partial charge in [-0.2, -0.15) is 5.26 Å². The Bertz CT molecular complexity index is 818. The van der Waals surface area contributed by atoms with Crippen LogP contribution in [-0.4, -0.2) is 60.9 Å². The fourth-order valence-electron chi connectivity index (χ4n) is 2.70. The number of hydrogen-bond acceptors (Lipinski definition) is 7. The van der Waals surface area contributed by atoms with E-state index in [1.807, 2.05) is 24.5 Å². The van der Waals surface area contributed by atoms with Gasteiger partial charge < -0.3 is 18.8 Å². The van der Waals surface area contributed by atoms with E-state index >= 15 is 0 Å². The Labute approximate surface area is 156 Å². The van der Waals surface area contributed by atoms with Gasteiger partial charge in [-0.3, -0.25) is 4.79 Å². The molecule has 2 amide bonds. The summed E-state index contributed by atoms with van der Waals surface area (Å²) in [5, 5.41) is 9.27. The smallest absolute Gasteiger partial charge is 0.416 e. The normalized spacial score (nSPS) is 14.1. The van der Waals surface area contributed by atoms with E-state index in [4.69, 9.17) is 9.47 Å². The highest BCUT2D eigenvalue weighted by Crippen LogP contribution is 2.18. The summed E-state index contributed by atoms with van der Waals surface area (Å²) >= 11 is 0. The zero-order valence-electron chi connectivity index (χ0n) is 15.5. The molecule has 0 aromatic carbocycles. The molecule has 1 fully saturated rings. The number of rotatable bonds is 7. The van der Waals surface area contributed by atoms with Crippen molar-refractivity contribution in [3.8, 4) is 6.07 Å². The van der Waals surface area contributed by atoms with Gasteiger partial charge in [0.2, 0.25) is 0 Å². The second-order valence-electron chi connectivity index (χ2n) is 5.88. The van der Waals surface area contributed by atoms with E-state index < -0.39 is 24.6 Å². The standard InChI is InChI=1S/C18H21N3O6/c1-12-8-14(13(2)20(12)4-6-25-3)9-15(10-19)17(23)27-11-16(22)21-5-7-26-18(21)24/h8-9H,4-7,11H2,1-3H3/b15-9+. The summed E-state index contributed by atoms with van der Waals surface area (Å²) in [7, 11) is 1.61. The molecule has 2 heterocycles. The number of imide groups is 1. The highest BCUT2D eigenvalue weighted by molar-refractivity contribution is 6.00. The molecule has 0 saturated carbocycles. The lowest BCUT2D eigenvalue weighted by molar-refractivity contribution is -0.147. The van der Waals surface area contributed by atoms with E-state index in [-0.39, 0.29) is 18.7 Å². The molecule has 1 aliphatic rings. The fraction of sp³-hybridized carbons (Fsp3) is 0.444. The molecule has 0 N–H and O–H groups in total. The molecular weight excluding hydrogens is 354 g/mol. The predicted octanol–water partition coefficient (Wildman–Crippen LogP) is 1.18. The Hall–Kier alpha value is -3.12. The van der Waals surface area contributed by atoms with E-state index in [1.165, 1.54) is 6.08 Å². The van der Waals surface area contributed by atoms with Crippen LogP contribution < -0.4 is 0 Å². The summed E-state index contributed by atoms with van der Waals surface area (Å²) in [4.78, 5) is 36.1. The van der Waals surface area contributed by atoms with Gasteiger partial charge in [-0.25, -0.2) is 14.5 Å². The first-order chi connectivity index (χ1) is 12.9. The van der Waals surface area contributed by atoms with Crippen LogP contribution in [0.4, 0.5) is 4.79 Å². The fourth-order valence-corrected chi connectivity index (χ4v) is 2.70. The lowest BCUT2D eigenvalue weighted by Crippen LogP contribution is -2.35. The van der Waals surface area contributed by atoms with Crippen molar-refractivity contribution in [1.82, 2.24) is 9.47 Å². The van der Waals surface area contributed by atoms with Crippen molar-refractivity contribution in [3.63, 3.8) is 0 Å². The molecule has 0 atom stereocenters. The van der Waals surface area contributed by atoms with E-state index in [0.29, 0.717) is 18.7 Å². The number of hydrogen-bond donors (Lipinski definition) is 0. The van der Waals surface area contributed by atoms with Crippen molar-refractivity contribution in [3.05, 3.63) is 28.6 Å². The monoisotopic (exact) mass is 375 g/mol. The van der Waals surface area contributed by atoms with Crippen molar-refractivity contribution in [2.24, 2.45) is 0 Å². The number of nitrogens with zero attached hydrogens (tertiary/aromatic N) is 3. The van der Waals surface area contributed by atoms with Crippen LogP contribution in [0.15, 0.2) is 11.6 Å². The quantitative estimate of drug-likeness (QED) is 0.400. The molecular formula is C18H21N3O6. The lowest BCUT2D eigenvalue weighted by Gasteiger charge is -2.10. The van der Waals surface area contributed by atoms with Crippen LogP contribution in [0.1, 0.15) is 17.0 Å². The summed E-state index contributed by atoms with van der Waals surface area (Å²) in [6.45, 7) is 4.56. The predicted molar refractivity (Wildman–Crippen MR) is 93.4 cm³/mol. The SMILES string of the molecule is COCCn1c(C)cc(/C=C(\C#N)C(=O)OCC(=O)N2CCOC2=O)c1C.